The van der Waals surface area contributed by atoms with Crippen LogP contribution in [0.5, 0.6) is 34.5 Å². The fourth-order valence-corrected chi connectivity index (χ4v) is 3.87. The van der Waals surface area contributed by atoms with Crippen LogP contribution in [-0.4, -0.2) is 87.3 Å². The van der Waals surface area contributed by atoms with Crippen LogP contribution in [0, 0.1) is 0 Å². The van der Waals surface area contributed by atoms with Crippen molar-refractivity contribution in [3.8, 4) is 45.8 Å². The Balaban J connectivity index is 1.96. The summed E-state index contributed by atoms with van der Waals surface area (Å²) in [5.74, 6) is -2.44. The smallest absolute Gasteiger partial charge is 0.239 e. The van der Waals surface area contributed by atoms with E-state index >= 15 is 0 Å². The predicted octanol–water partition coefficient (Wildman–Crippen LogP) is -0.227. The number of aromatic hydroxyl groups is 3. The van der Waals surface area contributed by atoms with E-state index in [4.69, 9.17) is 23.4 Å². The van der Waals surface area contributed by atoms with Crippen molar-refractivity contribution in [3.05, 3.63) is 34.5 Å². The molecular formula is C23H24O13. The maximum atomic E-state index is 13.5. The summed E-state index contributed by atoms with van der Waals surface area (Å²) in [5.41, 5.74) is -1.12. The zero-order valence-corrected chi connectivity index (χ0v) is 19.0. The molecule has 0 spiro atoms. The van der Waals surface area contributed by atoms with E-state index in [2.05, 4.69) is 0 Å². The van der Waals surface area contributed by atoms with Gasteiger partial charge in [0.2, 0.25) is 23.2 Å². The summed E-state index contributed by atoms with van der Waals surface area (Å²) in [4.78, 5) is 13.5. The van der Waals surface area contributed by atoms with Crippen LogP contribution in [0.25, 0.3) is 22.3 Å². The number of phenols is 3. The van der Waals surface area contributed by atoms with Crippen molar-refractivity contribution < 1.29 is 59.1 Å². The van der Waals surface area contributed by atoms with Gasteiger partial charge in [0.15, 0.2) is 17.3 Å². The van der Waals surface area contributed by atoms with Crippen LogP contribution in [0.1, 0.15) is 0 Å². The molecule has 13 heteroatoms. The maximum absolute atomic E-state index is 13.5. The van der Waals surface area contributed by atoms with Gasteiger partial charge in [0.05, 0.1) is 20.8 Å². The molecule has 1 saturated heterocycles. The van der Waals surface area contributed by atoms with Crippen molar-refractivity contribution in [2.75, 3.05) is 20.8 Å². The molecule has 0 bridgehead atoms. The largest absolute Gasteiger partial charge is 0.508 e. The summed E-state index contributed by atoms with van der Waals surface area (Å²) in [7, 11) is 2.55. The molecule has 0 radical (unpaired) electrons. The molecule has 1 aromatic heterocycles. The molecule has 2 heterocycles. The summed E-state index contributed by atoms with van der Waals surface area (Å²) in [5, 5.41) is 70.1. The lowest BCUT2D eigenvalue weighted by Gasteiger charge is -2.39. The second-order valence-corrected chi connectivity index (χ2v) is 7.97. The molecule has 0 amide bonds. The minimum absolute atomic E-state index is 0.0651. The van der Waals surface area contributed by atoms with E-state index in [-0.39, 0.29) is 39.5 Å². The molecular weight excluding hydrogens is 484 g/mol. The zero-order valence-electron chi connectivity index (χ0n) is 19.0. The number of hydrogen-bond donors (Lipinski definition) is 7. The summed E-state index contributed by atoms with van der Waals surface area (Å²) in [6.45, 7) is -0.740. The number of aliphatic hydroxyl groups excluding tert-OH is 4. The second kappa shape index (κ2) is 9.72. The van der Waals surface area contributed by atoms with Gasteiger partial charge in [-0.15, -0.1) is 0 Å². The Morgan fingerprint density at radius 3 is 2.14 bits per heavy atom. The van der Waals surface area contributed by atoms with Crippen LogP contribution in [0.2, 0.25) is 0 Å². The Bertz CT molecular complexity index is 1310. The van der Waals surface area contributed by atoms with E-state index in [0.717, 1.165) is 12.1 Å². The van der Waals surface area contributed by atoms with Crippen LogP contribution in [-0.2, 0) is 4.74 Å². The van der Waals surface area contributed by atoms with E-state index in [9.17, 15) is 40.5 Å². The van der Waals surface area contributed by atoms with Crippen molar-refractivity contribution in [1.29, 1.82) is 0 Å². The first-order chi connectivity index (χ1) is 17.1. The maximum Gasteiger partial charge on any atom is 0.239 e. The van der Waals surface area contributed by atoms with E-state index < -0.39 is 60.0 Å². The lowest BCUT2D eigenvalue weighted by Crippen LogP contribution is -2.60. The van der Waals surface area contributed by atoms with Gasteiger partial charge in [0, 0.05) is 17.7 Å². The highest BCUT2D eigenvalue weighted by atomic mass is 16.7. The minimum atomic E-state index is -1.86. The van der Waals surface area contributed by atoms with Crippen molar-refractivity contribution in [3.63, 3.8) is 0 Å². The Morgan fingerprint density at radius 1 is 0.917 bits per heavy atom. The molecule has 5 atom stereocenters. The van der Waals surface area contributed by atoms with Crippen LogP contribution in [0.4, 0.5) is 0 Å². The molecule has 5 unspecified atom stereocenters. The number of fused-ring (bicyclic) bond motifs is 1. The molecule has 1 aliphatic rings. The van der Waals surface area contributed by atoms with Gasteiger partial charge in [0.25, 0.3) is 0 Å². The lowest BCUT2D eigenvalue weighted by atomic mass is 9.99. The van der Waals surface area contributed by atoms with Gasteiger partial charge in [0.1, 0.15) is 46.9 Å². The SMILES string of the molecule is COc1cc(-c2oc3cc(O)cc(O)c3c(=O)c2OC2OC(CO)C(O)C(O)C2O)cc(OC)c1O. The number of ether oxygens (including phenoxy) is 4. The fourth-order valence-electron chi connectivity index (χ4n) is 3.87. The van der Waals surface area contributed by atoms with Crippen LogP contribution >= 0.6 is 0 Å². The average Bonchev–Trinajstić information content (AvgIpc) is 2.85. The first kappa shape index (κ1) is 25.3. The van der Waals surface area contributed by atoms with E-state index in [0.29, 0.717) is 0 Å². The third-order valence-electron chi connectivity index (χ3n) is 5.74. The van der Waals surface area contributed by atoms with Crippen LogP contribution in [0.15, 0.2) is 33.5 Å². The molecule has 13 nitrogen and oxygen atoms in total. The van der Waals surface area contributed by atoms with Crippen molar-refractivity contribution in [2.24, 2.45) is 0 Å². The van der Waals surface area contributed by atoms with E-state index in [1.165, 1.54) is 26.4 Å². The number of methoxy groups -OCH3 is 2. The highest BCUT2D eigenvalue weighted by Gasteiger charge is 2.45. The molecule has 194 valence electrons. The molecule has 0 saturated carbocycles. The van der Waals surface area contributed by atoms with Gasteiger partial charge in [-0.3, -0.25) is 4.79 Å². The monoisotopic (exact) mass is 508 g/mol. The molecule has 1 aliphatic heterocycles. The topological polar surface area (TPSA) is 209 Å². The second-order valence-electron chi connectivity index (χ2n) is 7.97. The highest BCUT2D eigenvalue weighted by molar-refractivity contribution is 5.88. The average molecular weight is 508 g/mol. The first-order valence-corrected chi connectivity index (χ1v) is 10.6. The molecule has 0 aliphatic carbocycles. The third kappa shape index (κ3) is 4.23. The zero-order chi connectivity index (χ0) is 26.3. The van der Waals surface area contributed by atoms with Crippen molar-refractivity contribution >= 4 is 11.0 Å². The molecule has 2 aromatic carbocycles. The summed E-state index contributed by atoms with van der Waals surface area (Å²) in [6.07, 6.45) is -8.42. The number of hydrogen-bond acceptors (Lipinski definition) is 13. The lowest BCUT2D eigenvalue weighted by molar-refractivity contribution is -0.277. The standard InChI is InChI=1S/C23H24O13/c1-32-12-3-8(4-13(33-2)16(12)27)21-22(18(29)15-10(26)5-9(25)6-11(15)34-21)36-23-20(31)19(30)17(28)14(7-24)35-23/h3-6,14,17,19-20,23-28,30-31H,7H2,1-2H3. The number of benzene rings is 2. The molecule has 36 heavy (non-hydrogen) atoms. The van der Waals surface area contributed by atoms with E-state index in [1.54, 1.807) is 0 Å². The molecule has 3 aromatic rings. The fraction of sp³-hybridized carbons (Fsp3) is 0.348. The number of phenolic OH excluding ortho intramolecular Hbond substituents is 3. The summed E-state index contributed by atoms with van der Waals surface area (Å²) in [6, 6.07) is 4.55. The Hall–Kier alpha value is -3.75. The van der Waals surface area contributed by atoms with Gasteiger partial charge < -0.3 is 59.1 Å². The normalized spacial score (nSPS) is 24.0. The van der Waals surface area contributed by atoms with Gasteiger partial charge in [-0.2, -0.15) is 0 Å². The van der Waals surface area contributed by atoms with Crippen LogP contribution < -0.4 is 19.6 Å². The van der Waals surface area contributed by atoms with Gasteiger partial charge in [-0.25, -0.2) is 0 Å². The third-order valence-corrected chi connectivity index (χ3v) is 5.74. The molecule has 1 fully saturated rings. The van der Waals surface area contributed by atoms with E-state index in [1.807, 2.05) is 0 Å². The summed E-state index contributed by atoms with van der Waals surface area (Å²) >= 11 is 0. The Labute approximate surface area is 202 Å². The minimum Gasteiger partial charge on any atom is -0.508 e. The van der Waals surface area contributed by atoms with Crippen molar-refractivity contribution in [2.45, 2.75) is 30.7 Å². The number of rotatable bonds is 6. The predicted molar refractivity (Wildman–Crippen MR) is 120 cm³/mol. The Morgan fingerprint density at radius 2 is 1.56 bits per heavy atom. The van der Waals surface area contributed by atoms with Gasteiger partial charge in [-0.05, 0) is 12.1 Å². The quantitative estimate of drug-likeness (QED) is 0.230. The Kier molecular flexibility index (Phi) is 6.84. The van der Waals surface area contributed by atoms with Gasteiger partial charge in [-0.1, -0.05) is 0 Å². The van der Waals surface area contributed by atoms with Gasteiger partial charge >= 0.3 is 0 Å². The molecule has 4 rings (SSSR count). The number of aliphatic hydroxyl groups is 4. The first-order valence-electron chi connectivity index (χ1n) is 10.6. The summed E-state index contributed by atoms with van der Waals surface area (Å²) < 4.78 is 27.1. The highest BCUT2D eigenvalue weighted by Crippen LogP contribution is 2.43. The van der Waals surface area contributed by atoms with Crippen LogP contribution in [0.3, 0.4) is 0 Å². The molecule has 7 N–H and O–H groups in total. The van der Waals surface area contributed by atoms with Crippen molar-refractivity contribution in [1.82, 2.24) is 0 Å².